The van der Waals surface area contributed by atoms with Crippen molar-refractivity contribution in [2.75, 3.05) is 0 Å². The lowest BCUT2D eigenvalue weighted by atomic mass is 10.0. The summed E-state index contributed by atoms with van der Waals surface area (Å²) in [5.41, 5.74) is 11.6. The van der Waals surface area contributed by atoms with Gasteiger partial charge in [0.1, 0.15) is 12.2 Å². The van der Waals surface area contributed by atoms with Gasteiger partial charge in [-0.2, -0.15) is 0 Å². The molecule has 1 aliphatic rings. The fourth-order valence-corrected chi connectivity index (χ4v) is 1.63. The molecule has 0 aromatic rings. The Balaban J connectivity index is 2.71. The minimum absolute atomic E-state index is 0.0576. The monoisotopic (exact) mass is 188 g/mol. The minimum atomic E-state index is -0.559. The van der Waals surface area contributed by atoms with E-state index in [1.54, 1.807) is 0 Å². The van der Waals surface area contributed by atoms with Crippen molar-refractivity contribution < 1.29 is 9.47 Å². The van der Waals surface area contributed by atoms with Crippen molar-refractivity contribution in [3.63, 3.8) is 0 Å². The Labute approximate surface area is 79.6 Å². The van der Waals surface area contributed by atoms with Crippen LogP contribution in [0.25, 0.3) is 0 Å². The van der Waals surface area contributed by atoms with Crippen molar-refractivity contribution in [2.45, 2.75) is 57.8 Å². The number of hydrogen-bond acceptors (Lipinski definition) is 4. The molecule has 13 heavy (non-hydrogen) atoms. The second kappa shape index (κ2) is 3.53. The van der Waals surface area contributed by atoms with Gasteiger partial charge >= 0.3 is 0 Å². The predicted octanol–water partition coefficient (Wildman–Crippen LogP) is 0.201. The van der Waals surface area contributed by atoms with Crippen LogP contribution in [0.5, 0.6) is 0 Å². The summed E-state index contributed by atoms with van der Waals surface area (Å²) in [6.45, 7) is 7.57. The van der Waals surface area contributed by atoms with Crippen molar-refractivity contribution in [3.05, 3.63) is 0 Å². The molecule has 1 fully saturated rings. The van der Waals surface area contributed by atoms with Crippen LogP contribution in [0, 0.1) is 0 Å². The molecule has 2 unspecified atom stereocenters. The number of ether oxygens (including phenoxy) is 2. The summed E-state index contributed by atoms with van der Waals surface area (Å²) in [5, 5.41) is 0. The summed E-state index contributed by atoms with van der Waals surface area (Å²) < 4.78 is 11.3. The quantitative estimate of drug-likeness (QED) is 0.649. The van der Waals surface area contributed by atoms with Crippen molar-refractivity contribution >= 4 is 0 Å². The molecule has 0 aromatic heterocycles. The van der Waals surface area contributed by atoms with E-state index in [-0.39, 0.29) is 24.3 Å². The summed E-state index contributed by atoms with van der Waals surface area (Å²) in [6, 6.07) is -0.115. The molecule has 0 aromatic carbocycles. The molecule has 0 radical (unpaired) electrons. The second-order valence-electron chi connectivity index (χ2n) is 4.28. The van der Waals surface area contributed by atoms with Gasteiger partial charge in [0.05, 0.1) is 0 Å². The Hall–Kier alpha value is -0.160. The van der Waals surface area contributed by atoms with Crippen LogP contribution in [0.2, 0.25) is 0 Å². The molecule has 0 spiro atoms. The molecule has 1 heterocycles. The molecule has 4 N–H and O–H groups in total. The van der Waals surface area contributed by atoms with E-state index >= 15 is 0 Å². The molecule has 0 saturated carbocycles. The van der Waals surface area contributed by atoms with Crippen LogP contribution >= 0.6 is 0 Å². The van der Waals surface area contributed by atoms with Crippen LogP contribution in [-0.2, 0) is 9.47 Å². The highest BCUT2D eigenvalue weighted by Crippen LogP contribution is 2.30. The van der Waals surface area contributed by atoms with Crippen molar-refractivity contribution in [3.8, 4) is 0 Å². The summed E-state index contributed by atoms with van der Waals surface area (Å²) in [5.74, 6) is -0.559. The van der Waals surface area contributed by atoms with Gasteiger partial charge in [-0.25, -0.2) is 0 Å². The summed E-state index contributed by atoms with van der Waals surface area (Å²) in [6.07, 6.45) is -0.204. The van der Waals surface area contributed by atoms with Crippen LogP contribution in [0.3, 0.4) is 0 Å². The first-order chi connectivity index (χ1) is 5.83. The van der Waals surface area contributed by atoms with Crippen LogP contribution in [0.15, 0.2) is 0 Å². The Kier molecular flexibility index (Phi) is 2.97. The van der Waals surface area contributed by atoms with E-state index in [0.717, 1.165) is 0 Å². The smallest absolute Gasteiger partial charge is 0.163 e. The van der Waals surface area contributed by atoms with Gasteiger partial charge in [-0.1, -0.05) is 0 Å². The first-order valence-corrected chi connectivity index (χ1v) is 4.70. The maximum atomic E-state index is 5.79. The molecule has 1 aliphatic heterocycles. The van der Waals surface area contributed by atoms with Gasteiger partial charge in [-0.3, -0.25) is 0 Å². The highest BCUT2D eigenvalue weighted by Gasteiger charge is 2.44. The van der Waals surface area contributed by atoms with Gasteiger partial charge in [-0.15, -0.1) is 0 Å². The van der Waals surface area contributed by atoms with Crippen LogP contribution in [0.1, 0.15) is 27.7 Å². The lowest BCUT2D eigenvalue weighted by Crippen LogP contribution is -2.46. The first-order valence-electron chi connectivity index (χ1n) is 4.70. The van der Waals surface area contributed by atoms with Crippen LogP contribution in [-0.4, -0.2) is 30.1 Å². The molecular formula is C9H20N2O2. The van der Waals surface area contributed by atoms with Gasteiger partial charge in [0, 0.05) is 12.1 Å². The molecule has 0 bridgehead atoms. The molecule has 0 amide bonds. The van der Waals surface area contributed by atoms with Crippen LogP contribution < -0.4 is 11.5 Å². The lowest BCUT2D eigenvalue weighted by molar-refractivity contribution is -0.148. The molecular weight excluding hydrogens is 168 g/mol. The van der Waals surface area contributed by atoms with Crippen molar-refractivity contribution in [1.82, 2.24) is 0 Å². The SMILES string of the molecule is CC(N)[C@@H]1OC(C)(C)O[C@H]1C(C)N. The zero-order valence-electron chi connectivity index (χ0n) is 8.78. The highest BCUT2D eigenvalue weighted by molar-refractivity contribution is 4.90. The molecule has 4 atom stereocenters. The van der Waals surface area contributed by atoms with E-state index in [1.807, 2.05) is 27.7 Å². The third-order valence-corrected chi connectivity index (χ3v) is 2.20. The fraction of sp³-hybridized carbons (Fsp3) is 1.00. The van der Waals surface area contributed by atoms with Crippen molar-refractivity contribution in [2.24, 2.45) is 11.5 Å². The summed E-state index contributed by atoms with van der Waals surface area (Å²) >= 11 is 0. The zero-order valence-corrected chi connectivity index (χ0v) is 8.78. The topological polar surface area (TPSA) is 70.5 Å². The van der Waals surface area contributed by atoms with E-state index in [4.69, 9.17) is 20.9 Å². The average molecular weight is 188 g/mol. The molecule has 4 nitrogen and oxygen atoms in total. The zero-order chi connectivity index (χ0) is 10.2. The minimum Gasteiger partial charge on any atom is -0.343 e. The second-order valence-corrected chi connectivity index (χ2v) is 4.28. The Morgan fingerprint density at radius 2 is 1.31 bits per heavy atom. The van der Waals surface area contributed by atoms with E-state index in [9.17, 15) is 0 Å². The van der Waals surface area contributed by atoms with E-state index < -0.39 is 5.79 Å². The van der Waals surface area contributed by atoms with Crippen LogP contribution in [0.4, 0.5) is 0 Å². The molecule has 1 rings (SSSR count). The van der Waals surface area contributed by atoms with E-state index in [2.05, 4.69) is 0 Å². The van der Waals surface area contributed by atoms with Gasteiger partial charge in [0.15, 0.2) is 5.79 Å². The normalized spacial score (nSPS) is 37.4. The van der Waals surface area contributed by atoms with Gasteiger partial charge < -0.3 is 20.9 Å². The number of hydrogen-bond donors (Lipinski definition) is 2. The number of nitrogens with two attached hydrogens (primary N) is 2. The molecule has 0 aliphatic carbocycles. The Bertz CT molecular complexity index is 162. The number of rotatable bonds is 2. The average Bonchev–Trinajstić information content (AvgIpc) is 2.26. The Morgan fingerprint density at radius 3 is 1.54 bits per heavy atom. The van der Waals surface area contributed by atoms with Gasteiger partial charge in [-0.05, 0) is 27.7 Å². The lowest BCUT2D eigenvalue weighted by Gasteiger charge is -2.22. The third-order valence-electron chi connectivity index (χ3n) is 2.20. The maximum Gasteiger partial charge on any atom is 0.163 e. The Morgan fingerprint density at radius 1 is 1.00 bits per heavy atom. The fourth-order valence-electron chi connectivity index (χ4n) is 1.63. The highest BCUT2D eigenvalue weighted by atomic mass is 16.8. The van der Waals surface area contributed by atoms with Gasteiger partial charge in [0.2, 0.25) is 0 Å². The predicted molar refractivity (Wildman–Crippen MR) is 51.1 cm³/mol. The molecule has 78 valence electrons. The maximum absolute atomic E-state index is 5.79. The van der Waals surface area contributed by atoms with Crippen molar-refractivity contribution in [1.29, 1.82) is 0 Å². The largest absolute Gasteiger partial charge is 0.343 e. The summed E-state index contributed by atoms with van der Waals surface area (Å²) in [4.78, 5) is 0. The molecule has 4 heteroatoms. The van der Waals surface area contributed by atoms with E-state index in [0.29, 0.717) is 0 Å². The molecule has 1 saturated heterocycles. The third kappa shape index (κ3) is 2.40. The summed E-state index contributed by atoms with van der Waals surface area (Å²) in [7, 11) is 0. The van der Waals surface area contributed by atoms with Gasteiger partial charge in [0.25, 0.3) is 0 Å². The first kappa shape index (κ1) is 10.9. The van der Waals surface area contributed by atoms with E-state index in [1.165, 1.54) is 0 Å². The standard InChI is InChI=1S/C9H20N2O2/c1-5(10)7-8(6(2)11)13-9(3,4)12-7/h5-8H,10-11H2,1-4H3/t5?,6?,7-,8-/m0/s1.